The standard InChI is InChI=1S/C15H12INO3S/c1-20-9-10-2-7-13-14(8-10)21-15(17-13)11-3-5-12(6-4-11)16(18)19/h2-8H,9H2,1H3. The topological polar surface area (TPSA) is 56.3 Å². The van der Waals surface area contributed by atoms with Gasteiger partial charge in [-0.25, -0.2) is 11.1 Å². The fourth-order valence-corrected chi connectivity index (χ4v) is 4.03. The molecular weight excluding hydrogens is 401 g/mol. The van der Waals surface area contributed by atoms with Crippen LogP contribution in [0, 0.1) is 3.57 Å². The number of rotatable bonds is 4. The Morgan fingerprint density at radius 2 is 1.90 bits per heavy atom. The van der Waals surface area contributed by atoms with Gasteiger partial charge in [0.25, 0.3) is 0 Å². The molecule has 0 saturated carbocycles. The minimum atomic E-state index is -3.38. The minimum Gasteiger partial charge on any atom is -0.380 e. The first-order valence-electron chi connectivity index (χ1n) is 6.21. The van der Waals surface area contributed by atoms with Crippen molar-refractivity contribution in [2.24, 2.45) is 0 Å². The van der Waals surface area contributed by atoms with Crippen LogP contribution in [0.5, 0.6) is 0 Å². The summed E-state index contributed by atoms with van der Waals surface area (Å²) in [6, 6.07) is 13.0. The van der Waals surface area contributed by atoms with Crippen molar-refractivity contribution in [1.82, 2.24) is 4.98 Å². The maximum absolute atomic E-state index is 11.0. The molecule has 2 aromatic carbocycles. The van der Waals surface area contributed by atoms with Crippen LogP contribution in [0.2, 0.25) is 0 Å². The number of methoxy groups -OCH3 is 1. The molecule has 0 aliphatic heterocycles. The van der Waals surface area contributed by atoms with Crippen LogP contribution in [-0.2, 0) is 17.5 Å². The van der Waals surface area contributed by atoms with Crippen LogP contribution in [0.25, 0.3) is 20.8 Å². The van der Waals surface area contributed by atoms with E-state index in [1.54, 1.807) is 30.6 Å². The average Bonchev–Trinajstić information content (AvgIpc) is 2.91. The Morgan fingerprint density at radius 1 is 1.14 bits per heavy atom. The monoisotopic (exact) mass is 413 g/mol. The first-order chi connectivity index (χ1) is 10.2. The van der Waals surface area contributed by atoms with Gasteiger partial charge in [0.1, 0.15) is 5.01 Å². The molecule has 0 fully saturated rings. The number of hydrogen-bond donors (Lipinski definition) is 0. The van der Waals surface area contributed by atoms with Gasteiger partial charge in [-0.15, -0.1) is 11.3 Å². The van der Waals surface area contributed by atoms with Gasteiger partial charge in [-0.3, -0.25) is 0 Å². The van der Waals surface area contributed by atoms with E-state index in [1.807, 2.05) is 24.3 Å². The Bertz CT molecular complexity index is 845. The number of nitrogens with zero attached hydrogens (tertiary/aromatic N) is 1. The van der Waals surface area contributed by atoms with Crippen LogP contribution in [-0.4, -0.2) is 12.1 Å². The lowest BCUT2D eigenvalue weighted by molar-refractivity contribution is 0.185. The SMILES string of the molecule is COCc1ccc2nc(-c3ccc(I(=O)=O)cc3)sc2c1. The molecule has 0 unspecified atom stereocenters. The molecule has 0 spiro atoms. The molecule has 4 nitrogen and oxygen atoms in total. The summed E-state index contributed by atoms with van der Waals surface area (Å²) >= 11 is -1.79. The zero-order valence-corrected chi connectivity index (χ0v) is 14.2. The van der Waals surface area contributed by atoms with Crippen LogP contribution in [0.4, 0.5) is 0 Å². The lowest BCUT2D eigenvalue weighted by Gasteiger charge is -1.97. The molecule has 3 aromatic rings. The number of hydrogen-bond acceptors (Lipinski definition) is 5. The molecule has 0 saturated heterocycles. The maximum atomic E-state index is 11.0. The molecule has 0 N–H and O–H groups in total. The second-order valence-electron chi connectivity index (χ2n) is 4.48. The normalized spacial score (nSPS) is 11.3. The van der Waals surface area contributed by atoms with Crippen molar-refractivity contribution in [2.45, 2.75) is 6.61 Å². The molecular formula is C15H12INO3S. The van der Waals surface area contributed by atoms with Gasteiger partial charge >= 0.3 is 19.8 Å². The fourth-order valence-electron chi connectivity index (χ4n) is 2.04. The summed E-state index contributed by atoms with van der Waals surface area (Å²) in [5.41, 5.74) is 2.99. The third kappa shape index (κ3) is 3.12. The Hall–Kier alpha value is -1.38. The average molecular weight is 413 g/mol. The van der Waals surface area contributed by atoms with Gasteiger partial charge < -0.3 is 4.74 Å². The van der Waals surface area contributed by atoms with E-state index >= 15 is 0 Å². The molecule has 0 aliphatic carbocycles. The molecule has 3 rings (SSSR count). The van der Waals surface area contributed by atoms with E-state index in [0.29, 0.717) is 10.2 Å². The van der Waals surface area contributed by atoms with Gasteiger partial charge in [0.05, 0.1) is 20.4 Å². The Balaban J connectivity index is 2.00. The van der Waals surface area contributed by atoms with Crippen molar-refractivity contribution in [2.75, 3.05) is 7.11 Å². The summed E-state index contributed by atoms with van der Waals surface area (Å²) in [7, 11) is 1.67. The van der Waals surface area contributed by atoms with Gasteiger partial charge in [0, 0.05) is 12.7 Å². The Labute approximate surface area is 132 Å². The van der Waals surface area contributed by atoms with Crippen LogP contribution < -0.4 is 0 Å². The van der Waals surface area contributed by atoms with Gasteiger partial charge in [0.15, 0.2) is 0 Å². The molecule has 0 aliphatic rings. The zero-order chi connectivity index (χ0) is 14.8. The molecule has 0 amide bonds. The lowest BCUT2D eigenvalue weighted by atomic mass is 10.2. The summed E-state index contributed by atoms with van der Waals surface area (Å²) in [6.07, 6.45) is 0. The second kappa shape index (κ2) is 6.17. The molecule has 0 bridgehead atoms. The summed E-state index contributed by atoms with van der Waals surface area (Å²) in [4.78, 5) is 4.59. The summed E-state index contributed by atoms with van der Waals surface area (Å²) < 4.78 is 28.6. The van der Waals surface area contributed by atoms with E-state index in [-0.39, 0.29) is 0 Å². The van der Waals surface area contributed by atoms with Crippen LogP contribution >= 0.6 is 31.1 Å². The van der Waals surface area contributed by atoms with Gasteiger partial charge in [-0.2, -0.15) is 0 Å². The van der Waals surface area contributed by atoms with Crippen molar-refractivity contribution in [3.05, 3.63) is 51.6 Å². The molecule has 1 heterocycles. The number of aromatic nitrogens is 1. The van der Waals surface area contributed by atoms with E-state index in [4.69, 9.17) is 4.74 Å². The van der Waals surface area contributed by atoms with E-state index in [9.17, 15) is 6.14 Å². The number of ether oxygens (including phenoxy) is 1. The first-order valence-corrected chi connectivity index (χ1v) is 9.87. The highest BCUT2D eigenvalue weighted by atomic mass is 127. The molecule has 0 atom stereocenters. The van der Waals surface area contributed by atoms with Crippen molar-refractivity contribution >= 4 is 41.3 Å². The molecule has 108 valence electrons. The van der Waals surface area contributed by atoms with Gasteiger partial charge in [0.2, 0.25) is 0 Å². The summed E-state index contributed by atoms with van der Waals surface area (Å²) in [5, 5.41) is 0.892. The molecule has 21 heavy (non-hydrogen) atoms. The molecule has 1 aromatic heterocycles. The number of benzene rings is 2. The molecule has 6 heteroatoms. The zero-order valence-electron chi connectivity index (χ0n) is 11.2. The quantitative estimate of drug-likeness (QED) is 0.592. The number of halogens is 1. The van der Waals surface area contributed by atoms with Crippen LogP contribution in [0.1, 0.15) is 5.56 Å². The smallest absolute Gasteiger partial charge is 0.340 e. The largest absolute Gasteiger partial charge is 0.380 e. The van der Waals surface area contributed by atoms with E-state index in [2.05, 4.69) is 11.1 Å². The van der Waals surface area contributed by atoms with Crippen LogP contribution in [0.15, 0.2) is 42.5 Å². The third-order valence-electron chi connectivity index (χ3n) is 3.03. The summed E-state index contributed by atoms with van der Waals surface area (Å²) in [6.45, 7) is 0.581. The highest BCUT2D eigenvalue weighted by Crippen LogP contribution is 2.31. The molecule has 0 radical (unpaired) electrons. The summed E-state index contributed by atoms with van der Waals surface area (Å²) in [5.74, 6) is 0. The predicted molar refractivity (Wildman–Crippen MR) is 89.9 cm³/mol. The fraction of sp³-hybridized carbons (Fsp3) is 0.133. The van der Waals surface area contributed by atoms with Crippen LogP contribution in [0.3, 0.4) is 0 Å². The number of fused-ring (bicyclic) bond motifs is 1. The van der Waals surface area contributed by atoms with E-state index in [1.165, 1.54) is 0 Å². The first kappa shape index (κ1) is 14.6. The highest BCUT2D eigenvalue weighted by molar-refractivity contribution is 14.2. The number of thiazole rings is 1. The lowest BCUT2D eigenvalue weighted by Crippen LogP contribution is -1.85. The second-order valence-corrected chi connectivity index (χ2v) is 7.99. The maximum Gasteiger partial charge on any atom is 0.340 e. The van der Waals surface area contributed by atoms with Crippen molar-refractivity contribution < 1.29 is 10.9 Å². The minimum absolute atomic E-state index is 0.409. The third-order valence-corrected chi connectivity index (χ3v) is 5.84. The van der Waals surface area contributed by atoms with E-state index < -0.39 is 19.8 Å². The van der Waals surface area contributed by atoms with Gasteiger partial charge in [-0.1, -0.05) is 18.2 Å². The van der Waals surface area contributed by atoms with Crippen molar-refractivity contribution in [3.63, 3.8) is 0 Å². The van der Waals surface area contributed by atoms with E-state index in [0.717, 1.165) is 26.4 Å². The van der Waals surface area contributed by atoms with Gasteiger partial charge in [-0.05, 0) is 29.8 Å². The highest BCUT2D eigenvalue weighted by Gasteiger charge is 2.08. The predicted octanol–water partition coefficient (Wildman–Crippen LogP) is 4.48. The van der Waals surface area contributed by atoms with Crippen molar-refractivity contribution in [1.29, 1.82) is 0 Å². The Morgan fingerprint density at radius 3 is 2.57 bits per heavy atom. The Kier molecular flexibility index (Phi) is 4.27. The van der Waals surface area contributed by atoms with Crippen molar-refractivity contribution in [3.8, 4) is 10.6 Å².